The molecule has 75 heavy (non-hydrogen) atoms. The molecule has 2 aromatic heterocycles. The molecule has 3 heterocycles. The fraction of sp³-hybridized carbons (Fsp3) is 0.519. The number of aromatic nitrogens is 4. The normalized spacial score (nSPS) is 17.6. The number of aromatic amines is 2. The lowest BCUT2D eigenvalue weighted by molar-refractivity contribution is -0.142. The third-order valence-corrected chi connectivity index (χ3v) is 13.8. The van der Waals surface area contributed by atoms with Crippen molar-refractivity contribution in [3.8, 4) is 0 Å². The molecule has 1 saturated heterocycles. The second-order valence-electron chi connectivity index (χ2n) is 20.3. The van der Waals surface area contributed by atoms with E-state index in [1.165, 1.54) is 30.7 Å². The van der Waals surface area contributed by atoms with Gasteiger partial charge in [-0.2, -0.15) is 0 Å². The molecule has 8 amide bonds. The van der Waals surface area contributed by atoms with Gasteiger partial charge < -0.3 is 57.6 Å². The van der Waals surface area contributed by atoms with Gasteiger partial charge in [-0.15, -0.1) is 0 Å². The van der Waals surface area contributed by atoms with E-state index in [0.29, 0.717) is 36.2 Å². The fourth-order valence-electron chi connectivity index (χ4n) is 10.0. The number of hydrogen-bond donors (Lipinski definition) is 10. The number of carbonyl (C=O) groups is 8. The zero-order valence-electron chi connectivity index (χ0n) is 43.1. The van der Waals surface area contributed by atoms with Crippen LogP contribution < -0.4 is 37.6 Å². The topological polar surface area (TPSA) is 316 Å². The van der Waals surface area contributed by atoms with Gasteiger partial charge in [-0.05, 0) is 48.6 Å². The average molecular weight is 1040 g/mol. The van der Waals surface area contributed by atoms with Crippen molar-refractivity contribution >= 4 is 47.3 Å². The number of nitrogens with two attached hydrogens (primary N) is 1. The number of nitrogens with zero attached hydrogens (tertiary/aromatic N) is 3. The van der Waals surface area contributed by atoms with Crippen LogP contribution in [0.4, 0.5) is 0 Å². The van der Waals surface area contributed by atoms with Gasteiger partial charge in [0.2, 0.25) is 47.3 Å². The molecule has 0 bridgehead atoms. The van der Waals surface area contributed by atoms with Crippen molar-refractivity contribution in [3.63, 3.8) is 0 Å². The number of benzene rings is 2. The molecule has 6 rings (SSSR count). The van der Waals surface area contributed by atoms with Crippen molar-refractivity contribution < 1.29 is 43.5 Å². The first-order valence-electron chi connectivity index (χ1n) is 26.1. The molecule has 404 valence electrons. The highest BCUT2D eigenvalue weighted by molar-refractivity contribution is 5.96. The molecular weight excluding hydrogens is 961 g/mol. The van der Waals surface area contributed by atoms with E-state index in [1.54, 1.807) is 30.5 Å². The van der Waals surface area contributed by atoms with Gasteiger partial charge in [-0.25, -0.2) is 9.97 Å². The molecule has 1 aliphatic carbocycles. The molecule has 0 unspecified atom stereocenters. The second kappa shape index (κ2) is 28.3. The van der Waals surface area contributed by atoms with Crippen LogP contribution in [0, 0.1) is 11.8 Å². The minimum Gasteiger partial charge on any atom is -0.390 e. The molecule has 1 aliphatic heterocycles. The highest BCUT2D eigenvalue weighted by atomic mass is 16.3. The Labute approximate surface area is 437 Å². The maximum absolute atomic E-state index is 14.7. The number of primary amides is 1. The fourth-order valence-corrected chi connectivity index (χ4v) is 10.0. The molecule has 0 radical (unpaired) electrons. The van der Waals surface area contributed by atoms with Crippen LogP contribution in [0.25, 0.3) is 0 Å². The van der Waals surface area contributed by atoms with E-state index >= 15 is 0 Å². The standard InChI is InChI=1S/C54H74N12O9/c1-33(2)22-42(50(71)63-41(49(55)70)24-36-16-9-5-10-17-36)61-48(69)28-47(68)40(23-35-14-7-4-8-15-35)62-52(73)44(26-38-29-56-31-58-38)64-51(72)43(25-37-18-11-6-12-19-37)65-53(74)46-20-13-21-66(46)54(75)45(60-34(3)67)27-39-30-57-32-59-39/h5-6,9-12,16-19,29-33,35,40-47,68H,4,7-8,13-15,20-28H2,1-3H3,(H2,55,70)(H,56,58)(H,57,59)(H,60,67)(H,61,69)(H,62,73)(H,63,71)(H,64,72)(H,65,74)/t40-,41-,42-,43-,44-,45-,46+,47-/m0/s1. The number of H-pyrrole nitrogens is 2. The number of amides is 8. The molecular formula is C54H74N12O9. The molecule has 2 aliphatic rings. The Morgan fingerprint density at radius 2 is 1.20 bits per heavy atom. The van der Waals surface area contributed by atoms with E-state index < -0.39 is 102 Å². The van der Waals surface area contributed by atoms with E-state index in [-0.39, 0.29) is 50.5 Å². The van der Waals surface area contributed by atoms with Crippen LogP contribution >= 0.6 is 0 Å². The highest BCUT2D eigenvalue weighted by Crippen LogP contribution is 2.29. The van der Waals surface area contributed by atoms with E-state index in [9.17, 15) is 43.5 Å². The van der Waals surface area contributed by atoms with Crippen LogP contribution in [0.1, 0.15) is 107 Å². The van der Waals surface area contributed by atoms with Gasteiger partial charge in [0.1, 0.15) is 36.3 Å². The monoisotopic (exact) mass is 1030 g/mol. The van der Waals surface area contributed by atoms with Gasteiger partial charge in [0.05, 0.1) is 31.2 Å². The largest absolute Gasteiger partial charge is 0.390 e. The zero-order valence-corrected chi connectivity index (χ0v) is 43.1. The smallest absolute Gasteiger partial charge is 0.246 e. The number of carbonyl (C=O) groups excluding carboxylic acids is 8. The Morgan fingerprint density at radius 3 is 1.76 bits per heavy atom. The predicted molar refractivity (Wildman–Crippen MR) is 277 cm³/mol. The number of aliphatic hydroxyl groups excluding tert-OH is 1. The van der Waals surface area contributed by atoms with Crippen molar-refractivity contribution in [3.05, 3.63) is 108 Å². The number of imidazole rings is 2. The van der Waals surface area contributed by atoms with Crippen LogP contribution in [0.15, 0.2) is 85.7 Å². The Balaban J connectivity index is 1.19. The van der Waals surface area contributed by atoms with Gasteiger partial charge in [0.25, 0.3) is 0 Å². The molecule has 11 N–H and O–H groups in total. The summed E-state index contributed by atoms with van der Waals surface area (Å²) >= 11 is 0. The summed E-state index contributed by atoms with van der Waals surface area (Å²) in [5, 5.41) is 28.8. The first kappa shape index (κ1) is 56.9. The summed E-state index contributed by atoms with van der Waals surface area (Å²) < 4.78 is 0. The summed E-state index contributed by atoms with van der Waals surface area (Å²) in [5.74, 6) is -4.77. The van der Waals surface area contributed by atoms with Crippen LogP contribution in [-0.2, 0) is 64.0 Å². The van der Waals surface area contributed by atoms with E-state index in [4.69, 9.17) is 5.73 Å². The van der Waals surface area contributed by atoms with Crippen LogP contribution in [-0.4, -0.2) is 132 Å². The Hall–Kier alpha value is -7.42. The average Bonchev–Trinajstić information content (AvgIpc) is 4.21. The lowest BCUT2D eigenvalue weighted by Gasteiger charge is -2.32. The van der Waals surface area contributed by atoms with Gasteiger partial charge in [0, 0.05) is 62.9 Å². The van der Waals surface area contributed by atoms with Crippen molar-refractivity contribution in [2.24, 2.45) is 17.6 Å². The van der Waals surface area contributed by atoms with Crippen molar-refractivity contribution in [1.82, 2.24) is 56.7 Å². The SMILES string of the molecule is CC(=O)N[C@@H](Cc1cnc[nH]1)C(=O)N1CCC[C@@H]1C(=O)N[C@@H](Cc1ccccc1)C(=O)N[C@@H](Cc1cnc[nH]1)C(=O)N[C@@H](CC1CCCCC1)[C@@H](O)CC(=O)N[C@@H](CC(C)C)C(=O)N[C@@H](Cc1ccccc1)C(N)=O. The quantitative estimate of drug-likeness (QED) is 0.0409. The van der Waals surface area contributed by atoms with Gasteiger partial charge in [-0.1, -0.05) is 107 Å². The summed E-state index contributed by atoms with van der Waals surface area (Å²) in [6.07, 6.45) is 10.3. The maximum atomic E-state index is 14.7. The predicted octanol–water partition coefficient (Wildman–Crippen LogP) is 1.58. The minimum atomic E-state index is -1.43. The lowest BCUT2D eigenvalue weighted by atomic mass is 9.83. The molecule has 2 aromatic carbocycles. The van der Waals surface area contributed by atoms with Gasteiger partial charge in [0.15, 0.2) is 0 Å². The lowest BCUT2D eigenvalue weighted by Crippen LogP contribution is -2.59. The molecule has 21 nitrogen and oxygen atoms in total. The Kier molecular flexibility index (Phi) is 21.5. The third-order valence-electron chi connectivity index (χ3n) is 13.8. The minimum absolute atomic E-state index is 0.0238. The van der Waals surface area contributed by atoms with Crippen molar-refractivity contribution in [2.75, 3.05) is 6.54 Å². The number of rotatable bonds is 27. The molecule has 8 atom stereocenters. The molecule has 2 fully saturated rings. The van der Waals surface area contributed by atoms with E-state index in [2.05, 4.69) is 51.8 Å². The van der Waals surface area contributed by atoms with E-state index in [1.807, 2.05) is 50.2 Å². The third kappa shape index (κ3) is 17.9. The van der Waals surface area contributed by atoms with Crippen LogP contribution in [0.3, 0.4) is 0 Å². The molecule has 1 saturated carbocycles. The van der Waals surface area contributed by atoms with Gasteiger partial charge in [-0.3, -0.25) is 38.4 Å². The van der Waals surface area contributed by atoms with Gasteiger partial charge >= 0.3 is 0 Å². The number of likely N-dealkylation sites (tertiary alicyclic amines) is 1. The summed E-state index contributed by atoms with van der Waals surface area (Å²) in [6.45, 7) is 5.31. The Morgan fingerprint density at radius 1 is 0.653 bits per heavy atom. The summed E-state index contributed by atoms with van der Waals surface area (Å²) in [5.41, 5.74) is 8.30. The highest BCUT2D eigenvalue weighted by Gasteiger charge is 2.40. The van der Waals surface area contributed by atoms with Crippen molar-refractivity contribution in [1.29, 1.82) is 0 Å². The molecule has 0 spiro atoms. The number of hydrogen-bond acceptors (Lipinski definition) is 11. The van der Waals surface area contributed by atoms with Crippen molar-refractivity contribution in [2.45, 2.75) is 159 Å². The van der Waals surface area contributed by atoms with E-state index in [0.717, 1.165) is 37.7 Å². The molecule has 21 heteroatoms. The summed E-state index contributed by atoms with van der Waals surface area (Å²) in [4.78, 5) is 125. The summed E-state index contributed by atoms with van der Waals surface area (Å²) in [7, 11) is 0. The first-order chi connectivity index (χ1) is 36.0. The number of nitrogens with one attached hydrogen (secondary N) is 8. The number of aliphatic hydroxyl groups is 1. The first-order valence-corrected chi connectivity index (χ1v) is 26.1. The Bertz CT molecular complexity index is 2490. The second-order valence-corrected chi connectivity index (χ2v) is 20.3. The zero-order chi connectivity index (χ0) is 53.9. The summed E-state index contributed by atoms with van der Waals surface area (Å²) in [6, 6.07) is 10.5. The molecule has 4 aromatic rings. The van der Waals surface area contributed by atoms with Crippen LogP contribution in [0.5, 0.6) is 0 Å². The maximum Gasteiger partial charge on any atom is 0.246 e. The van der Waals surface area contributed by atoms with Crippen LogP contribution in [0.2, 0.25) is 0 Å².